The van der Waals surface area contributed by atoms with E-state index in [1.165, 1.54) is 5.56 Å². The zero-order valence-corrected chi connectivity index (χ0v) is 20.4. The molecule has 35 heavy (non-hydrogen) atoms. The number of urea groups is 1. The van der Waals surface area contributed by atoms with Crippen molar-refractivity contribution < 1.29 is 4.79 Å². The first-order chi connectivity index (χ1) is 17.1. The first kappa shape index (κ1) is 23.1. The lowest BCUT2D eigenvalue weighted by Crippen LogP contribution is -2.50. The third-order valence-electron chi connectivity index (χ3n) is 6.75. The monoisotopic (exact) mass is 468 g/mol. The first-order valence-electron chi connectivity index (χ1n) is 12.4. The second-order valence-electron chi connectivity index (χ2n) is 9.07. The summed E-state index contributed by atoms with van der Waals surface area (Å²) in [5.41, 5.74) is 6.22. The molecule has 1 aliphatic rings. The van der Waals surface area contributed by atoms with Gasteiger partial charge in [-0.1, -0.05) is 55.0 Å². The maximum absolute atomic E-state index is 12.8. The quantitative estimate of drug-likeness (QED) is 0.441. The molecular weight excluding hydrogens is 436 g/mol. The molecule has 180 valence electrons. The maximum atomic E-state index is 12.8. The zero-order valence-electron chi connectivity index (χ0n) is 20.4. The minimum atomic E-state index is -0.0167. The van der Waals surface area contributed by atoms with Crippen molar-refractivity contribution in [3.05, 3.63) is 78.0 Å². The summed E-state index contributed by atoms with van der Waals surface area (Å²) in [4.78, 5) is 26.7. The van der Waals surface area contributed by atoms with Gasteiger partial charge in [0, 0.05) is 56.7 Å². The van der Waals surface area contributed by atoms with Gasteiger partial charge in [0.1, 0.15) is 11.3 Å². The van der Waals surface area contributed by atoms with Gasteiger partial charge in [0.2, 0.25) is 0 Å². The highest BCUT2D eigenvalue weighted by atomic mass is 16.2. The van der Waals surface area contributed by atoms with Gasteiger partial charge in [-0.15, -0.1) is 0 Å². The van der Waals surface area contributed by atoms with Crippen LogP contribution in [0.1, 0.15) is 18.1 Å². The Morgan fingerprint density at radius 2 is 1.71 bits per heavy atom. The van der Waals surface area contributed by atoms with Gasteiger partial charge < -0.3 is 14.8 Å². The second-order valence-corrected chi connectivity index (χ2v) is 9.07. The molecule has 0 bridgehead atoms. The Bertz CT molecular complexity index is 1300. The predicted molar refractivity (Wildman–Crippen MR) is 141 cm³/mol. The standard InChI is InChI=1S/C28H32N6O/c1-3-22-7-4-5-8-24(22)31-28(35)33-18-15-32(16-19-33)17-20-34-26(23-12-10-21(2)11-13-23)30-25-9-6-14-29-27(25)34/h4-14H,3,15-20H2,1-2H3,(H,31,35). The molecule has 1 N–H and O–H groups in total. The van der Waals surface area contributed by atoms with Gasteiger partial charge in [-0.05, 0) is 37.1 Å². The molecule has 1 saturated heterocycles. The van der Waals surface area contributed by atoms with E-state index < -0.39 is 0 Å². The van der Waals surface area contributed by atoms with Gasteiger partial charge in [0.15, 0.2) is 5.65 Å². The molecular formula is C28H32N6O. The van der Waals surface area contributed by atoms with Crippen molar-refractivity contribution in [3.63, 3.8) is 0 Å². The predicted octanol–water partition coefficient (Wildman–Crippen LogP) is 4.82. The Morgan fingerprint density at radius 1 is 0.943 bits per heavy atom. The fourth-order valence-electron chi connectivity index (χ4n) is 4.65. The summed E-state index contributed by atoms with van der Waals surface area (Å²) in [6, 6.07) is 20.4. The molecule has 0 unspecified atom stereocenters. The van der Waals surface area contributed by atoms with Crippen LogP contribution >= 0.6 is 0 Å². The topological polar surface area (TPSA) is 66.3 Å². The van der Waals surface area contributed by atoms with Crippen LogP contribution in [0.5, 0.6) is 0 Å². The van der Waals surface area contributed by atoms with Gasteiger partial charge in [-0.3, -0.25) is 4.90 Å². The van der Waals surface area contributed by atoms with Crippen LogP contribution in [0, 0.1) is 6.92 Å². The lowest BCUT2D eigenvalue weighted by molar-refractivity contribution is 0.145. The summed E-state index contributed by atoms with van der Waals surface area (Å²) >= 11 is 0. The Morgan fingerprint density at radius 3 is 2.49 bits per heavy atom. The number of rotatable bonds is 6. The third-order valence-corrected chi connectivity index (χ3v) is 6.75. The molecule has 7 heteroatoms. The SMILES string of the molecule is CCc1ccccc1NC(=O)N1CCN(CCn2c(-c3ccc(C)cc3)nc3cccnc32)CC1. The number of fused-ring (bicyclic) bond motifs is 1. The Hall–Kier alpha value is -3.71. The normalized spacial score (nSPS) is 14.4. The molecule has 2 aromatic carbocycles. The van der Waals surface area contributed by atoms with E-state index in [2.05, 4.69) is 63.9 Å². The molecule has 7 nitrogen and oxygen atoms in total. The number of aromatic nitrogens is 3. The highest BCUT2D eigenvalue weighted by Gasteiger charge is 2.22. The van der Waals surface area contributed by atoms with Gasteiger partial charge in [0.25, 0.3) is 0 Å². The molecule has 0 saturated carbocycles. The van der Waals surface area contributed by atoms with E-state index in [4.69, 9.17) is 4.98 Å². The van der Waals surface area contributed by atoms with E-state index in [9.17, 15) is 4.79 Å². The van der Waals surface area contributed by atoms with Gasteiger partial charge >= 0.3 is 6.03 Å². The van der Waals surface area contributed by atoms with Gasteiger partial charge in [-0.25, -0.2) is 14.8 Å². The van der Waals surface area contributed by atoms with Crippen LogP contribution in [0.4, 0.5) is 10.5 Å². The molecule has 4 aromatic rings. The number of para-hydroxylation sites is 1. The van der Waals surface area contributed by atoms with Crippen LogP contribution in [0.2, 0.25) is 0 Å². The van der Waals surface area contributed by atoms with E-state index >= 15 is 0 Å². The van der Waals surface area contributed by atoms with E-state index in [1.54, 1.807) is 0 Å². The molecule has 0 radical (unpaired) electrons. The van der Waals surface area contributed by atoms with E-state index in [1.807, 2.05) is 41.4 Å². The van der Waals surface area contributed by atoms with E-state index in [-0.39, 0.29) is 6.03 Å². The number of pyridine rings is 1. The summed E-state index contributed by atoms with van der Waals surface area (Å²) in [6.45, 7) is 9.01. The molecule has 0 aliphatic carbocycles. The number of anilines is 1. The fourth-order valence-corrected chi connectivity index (χ4v) is 4.65. The number of piperazine rings is 1. The van der Waals surface area contributed by atoms with E-state index in [0.717, 1.165) is 66.4 Å². The summed E-state index contributed by atoms with van der Waals surface area (Å²) in [5, 5.41) is 3.10. The van der Waals surface area contributed by atoms with Crippen LogP contribution in [-0.4, -0.2) is 63.1 Å². The van der Waals surface area contributed by atoms with Crippen molar-refractivity contribution >= 4 is 22.9 Å². The minimum Gasteiger partial charge on any atom is -0.322 e. The van der Waals surface area contributed by atoms with Crippen molar-refractivity contribution in [1.82, 2.24) is 24.3 Å². The molecule has 1 aliphatic heterocycles. The van der Waals surface area contributed by atoms with Gasteiger partial charge in [0.05, 0.1) is 0 Å². The number of imidazole rings is 1. The Balaban J connectivity index is 1.23. The summed E-state index contributed by atoms with van der Waals surface area (Å²) < 4.78 is 2.22. The van der Waals surface area contributed by atoms with Crippen LogP contribution < -0.4 is 5.32 Å². The highest BCUT2D eigenvalue weighted by Crippen LogP contribution is 2.24. The third kappa shape index (κ3) is 5.05. The average Bonchev–Trinajstić information content (AvgIpc) is 3.27. The van der Waals surface area contributed by atoms with Crippen LogP contribution in [0.15, 0.2) is 66.9 Å². The molecule has 2 amide bonds. The van der Waals surface area contributed by atoms with E-state index in [0.29, 0.717) is 13.1 Å². The highest BCUT2D eigenvalue weighted by molar-refractivity contribution is 5.90. The number of hydrogen-bond donors (Lipinski definition) is 1. The maximum Gasteiger partial charge on any atom is 0.321 e. The van der Waals surface area contributed by atoms with Crippen LogP contribution in [-0.2, 0) is 13.0 Å². The zero-order chi connectivity index (χ0) is 24.2. The summed E-state index contributed by atoms with van der Waals surface area (Å²) in [7, 11) is 0. The summed E-state index contributed by atoms with van der Waals surface area (Å²) in [6.07, 6.45) is 2.72. The van der Waals surface area contributed by atoms with Crippen molar-refractivity contribution in [2.24, 2.45) is 0 Å². The summed E-state index contributed by atoms with van der Waals surface area (Å²) in [5.74, 6) is 0.950. The largest absolute Gasteiger partial charge is 0.322 e. The number of nitrogens with one attached hydrogen (secondary N) is 1. The number of hydrogen-bond acceptors (Lipinski definition) is 4. The van der Waals surface area contributed by atoms with Crippen LogP contribution in [0.25, 0.3) is 22.6 Å². The second kappa shape index (κ2) is 10.3. The smallest absolute Gasteiger partial charge is 0.321 e. The molecule has 1 fully saturated rings. The fraction of sp³-hybridized carbons (Fsp3) is 0.321. The molecule has 0 spiro atoms. The number of carbonyl (C=O) groups excluding carboxylic acids is 1. The lowest BCUT2D eigenvalue weighted by atomic mass is 10.1. The van der Waals surface area contributed by atoms with Crippen molar-refractivity contribution in [2.45, 2.75) is 26.8 Å². The number of amides is 2. The van der Waals surface area contributed by atoms with Crippen LogP contribution in [0.3, 0.4) is 0 Å². The van der Waals surface area contributed by atoms with Gasteiger partial charge in [-0.2, -0.15) is 0 Å². The minimum absolute atomic E-state index is 0.0167. The van der Waals surface area contributed by atoms with Crippen molar-refractivity contribution in [1.29, 1.82) is 0 Å². The lowest BCUT2D eigenvalue weighted by Gasteiger charge is -2.35. The Labute approximate surface area is 206 Å². The van der Waals surface area contributed by atoms with Crippen molar-refractivity contribution in [3.8, 4) is 11.4 Å². The number of aryl methyl sites for hydroxylation is 2. The number of carbonyl (C=O) groups is 1. The molecule has 5 rings (SSSR count). The van der Waals surface area contributed by atoms with Crippen molar-refractivity contribution in [2.75, 3.05) is 38.0 Å². The number of benzene rings is 2. The molecule has 0 atom stereocenters. The Kier molecular flexibility index (Phi) is 6.77. The number of nitrogens with zero attached hydrogens (tertiary/aromatic N) is 5. The first-order valence-corrected chi connectivity index (χ1v) is 12.4. The molecule has 2 aromatic heterocycles. The average molecular weight is 469 g/mol. The molecule has 3 heterocycles.